The quantitative estimate of drug-likeness (QED) is 0.284. The number of rotatable bonds is 8. The van der Waals surface area contributed by atoms with Gasteiger partial charge in [-0.3, -0.25) is 14.6 Å². The van der Waals surface area contributed by atoms with E-state index in [1.807, 2.05) is 0 Å². The standard InChI is InChI=1S/C25H24N6O4/c1-3-5-10-30-23-16(15-31(25(30)35)17-11-18(32)13-19(33)12-17)14-26-24(29-23)28-21-9-7-6-8-20(21)27-22(34)4-2/h3-4,6-9,11-14,32-33H,1-2,5,10,15H2,(H,27,34)(H,26,28,29). The van der Waals surface area contributed by atoms with Gasteiger partial charge in [0.2, 0.25) is 11.9 Å². The van der Waals surface area contributed by atoms with Gasteiger partial charge in [0.25, 0.3) is 0 Å². The summed E-state index contributed by atoms with van der Waals surface area (Å²) in [6.07, 6.45) is 5.00. The number of carbonyl (C=O) groups excluding carboxylic acids is 2. The van der Waals surface area contributed by atoms with E-state index in [-0.39, 0.29) is 35.9 Å². The first-order chi connectivity index (χ1) is 16.9. The molecule has 2 aromatic carbocycles. The maximum atomic E-state index is 13.4. The van der Waals surface area contributed by atoms with Crippen molar-refractivity contribution in [3.8, 4) is 11.5 Å². The number of hydrogen-bond acceptors (Lipinski definition) is 7. The van der Waals surface area contributed by atoms with Crippen LogP contribution in [0.3, 0.4) is 0 Å². The second kappa shape index (κ2) is 9.96. The molecule has 10 nitrogen and oxygen atoms in total. The van der Waals surface area contributed by atoms with Gasteiger partial charge in [0.15, 0.2) is 0 Å². The number of amides is 3. The van der Waals surface area contributed by atoms with Gasteiger partial charge in [0.1, 0.15) is 17.3 Å². The maximum absolute atomic E-state index is 13.4. The molecule has 2 heterocycles. The number of carbonyl (C=O) groups is 2. The summed E-state index contributed by atoms with van der Waals surface area (Å²) in [5.41, 5.74) is 2.11. The molecule has 35 heavy (non-hydrogen) atoms. The van der Waals surface area contributed by atoms with Crippen molar-refractivity contribution < 1.29 is 19.8 Å². The van der Waals surface area contributed by atoms with E-state index in [1.165, 1.54) is 34.1 Å². The van der Waals surface area contributed by atoms with Crippen LogP contribution in [0.2, 0.25) is 0 Å². The highest BCUT2D eigenvalue weighted by atomic mass is 16.3. The smallest absolute Gasteiger partial charge is 0.330 e. The summed E-state index contributed by atoms with van der Waals surface area (Å²) in [5, 5.41) is 25.6. The van der Waals surface area contributed by atoms with Gasteiger partial charge in [-0.25, -0.2) is 9.78 Å². The lowest BCUT2D eigenvalue weighted by Gasteiger charge is -2.36. The van der Waals surface area contributed by atoms with Gasteiger partial charge in [-0.15, -0.1) is 6.58 Å². The van der Waals surface area contributed by atoms with E-state index in [2.05, 4.69) is 33.8 Å². The van der Waals surface area contributed by atoms with Crippen LogP contribution in [0.5, 0.6) is 11.5 Å². The molecule has 3 aromatic rings. The molecule has 0 unspecified atom stereocenters. The molecule has 3 amide bonds. The number of aromatic hydroxyl groups is 2. The van der Waals surface area contributed by atoms with E-state index in [9.17, 15) is 19.8 Å². The average molecular weight is 473 g/mol. The molecule has 0 saturated heterocycles. The third-order valence-corrected chi connectivity index (χ3v) is 5.26. The number of para-hydroxylation sites is 2. The fourth-order valence-corrected chi connectivity index (χ4v) is 3.64. The number of phenolic OH excluding ortho intramolecular Hbond substituents is 2. The van der Waals surface area contributed by atoms with Crippen molar-refractivity contribution in [2.75, 3.05) is 27.0 Å². The summed E-state index contributed by atoms with van der Waals surface area (Å²) in [6, 6.07) is 10.7. The molecule has 1 aromatic heterocycles. The molecule has 0 aliphatic carbocycles. The lowest BCUT2D eigenvalue weighted by Crippen LogP contribution is -2.48. The Hall–Kier alpha value is -4.86. The van der Waals surface area contributed by atoms with E-state index in [4.69, 9.17) is 0 Å². The Morgan fingerprint density at radius 2 is 1.83 bits per heavy atom. The highest BCUT2D eigenvalue weighted by Crippen LogP contribution is 2.35. The van der Waals surface area contributed by atoms with Gasteiger partial charge in [-0.1, -0.05) is 24.8 Å². The first-order valence-corrected chi connectivity index (χ1v) is 10.8. The number of hydrogen-bond donors (Lipinski definition) is 4. The summed E-state index contributed by atoms with van der Waals surface area (Å²) >= 11 is 0. The SMILES string of the molecule is C=CCCN1C(=O)N(c2cc(O)cc(O)c2)Cc2cnc(Nc3ccccc3NC(=O)C=C)nc21. The van der Waals surface area contributed by atoms with Gasteiger partial charge in [-0.2, -0.15) is 4.98 Å². The summed E-state index contributed by atoms with van der Waals surface area (Å²) < 4.78 is 0. The van der Waals surface area contributed by atoms with Crippen LogP contribution in [0.4, 0.5) is 33.6 Å². The molecule has 0 spiro atoms. The number of nitrogens with zero attached hydrogens (tertiary/aromatic N) is 4. The van der Waals surface area contributed by atoms with Crippen LogP contribution < -0.4 is 20.4 Å². The third-order valence-electron chi connectivity index (χ3n) is 5.26. The monoisotopic (exact) mass is 472 g/mol. The van der Waals surface area contributed by atoms with Gasteiger partial charge < -0.3 is 20.8 Å². The topological polar surface area (TPSA) is 131 Å². The van der Waals surface area contributed by atoms with Crippen molar-refractivity contribution in [1.29, 1.82) is 0 Å². The molecule has 0 radical (unpaired) electrons. The Labute approximate surface area is 201 Å². The molecule has 4 N–H and O–H groups in total. The Balaban J connectivity index is 1.68. The molecule has 178 valence electrons. The molecule has 1 aliphatic rings. The number of nitrogens with one attached hydrogen (secondary N) is 2. The second-order valence-corrected chi connectivity index (χ2v) is 7.71. The summed E-state index contributed by atoms with van der Waals surface area (Å²) in [7, 11) is 0. The first-order valence-electron chi connectivity index (χ1n) is 10.8. The zero-order chi connectivity index (χ0) is 24.9. The Bertz CT molecular complexity index is 1290. The molecule has 0 fully saturated rings. The Kier molecular flexibility index (Phi) is 6.63. The number of urea groups is 1. The average Bonchev–Trinajstić information content (AvgIpc) is 2.83. The molecular formula is C25H24N6O4. The lowest BCUT2D eigenvalue weighted by molar-refractivity contribution is -0.111. The van der Waals surface area contributed by atoms with E-state index < -0.39 is 0 Å². The van der Waals surface area contributed by atoms with Crippen LogP contribution in [-0.4, -0.2) is 38.7 Å². The highest BCUT2D eigenvalue weighted by molar-refractivity contribution is 6.05. The Morgan fingerprint density at radius 3 is 2.51 bits per heavy atom. The van der Waals surface area contributed by atoms with E-state index in [0.717, 1.165) is 0 Å². The molecule has 4 rings (SSSR count). The van der Waals surface area contributed by atoms with Crippen LogP contribution >= 0.6 is 0 Å². The van der Waals surface area contributed by atoms with Crippen molar-refractivity contribution in [3.05, 3.63) is 79.5 Å². The minimum absolute atomic E-state index is 0.147. The van der Waals surface area contributed by atoms with Crippen molar-refractivity contribution >= 4 is 40.8 Å². The molecule has 10 heteroatoms. The minimum Gasteiger partial charge on any atom is -0.508 e. The summed E-state index contributed by atoms with van der Waals surface area (Å²) in [6.45, 7) is 7.66. The highest BCUT2D eigenvalue weighted by Gasteiger charge is 2.33. The van der Waals surface area contributed by atoms with Crippen LogP contribution in [-0.2, 0) is 11.3 Å². The van der Waals surface area contributed by atoms with E-state index in [1.54, 1.807) is 36.5 Å². The predicted octanol–water partition coefficient (Wildman–Crippen LogP) is 4.28. The molecular weight excluding hydrogens is 448 g/mol. The maximum Gasteiger partial charge on any atom is 0.330 e. The number of aromatic nitrogens is 2. The molecule has 0 atom stereocenters. The lowest BCUT2D eigenvalue weighted by atomic mass is 10.1. The number of phenols is 2. The van der Waals surface area contributed by atoms with Gasteiger partial charge in [-0.05, 0) is 24.6 Å². The van der Waals surface area contributed by atoms with E-state index in [0.29, 0.717) is 41.4 Å². The Morgan fingerprint density at radius 1 is 1.11 bits per heavy atom. The van der Waals surface area contributed by atoms with Crippen LogP contribution in [0, 0.1) is 0 Å². The van der Waals surface area contributed by atoms with Gasteiger partial charge >= 0.3 is 6.03 Å². The largest absolute Gasteiger partial charge is 0.508 e. The second-order valence-electron chi connectivity index (χ2n) is 7.71. The number of benzene rings is 2. The molecule has 1 aliphatic heterocycles. The van der Waals surface area contributed by atoms with Crippen molar-refractivity contribution in [3.63, 3.8) is 0 Å². The van der Waals surface area contributed by atoms with Crippen LogP contribution in [0.15, 0.2) is 74.0 Å². The van der Waals surface area contributed by atoms with Crippen molar-refractivity contribution in [1.82, 2.24) is 9.97 Å². The van der Waals surface area contributed by atoms with Crippen molar-refractivity contribution in [2.24, 2.45) is 0 Å². The van der Waals surface area contributed by atoms with Gasteiger partial charge in [0.05, 0.1) is 23.6 Å². The fraction of sp³-hybridized carbons (Fsp3) is 0.120. The van der Waals surface area contributed by atoms with Crippen molar-refractivity contribution in [2.45, 2.75) is 13.0 Å². The molecule has 0 saturated carbocycles. The summed E-state index contributed by atoms with van der Waals surface area (Å²) in [4.78, 5) is 37.1. The fourth-order valence-electron chi connectivity index (χ4n) is 3.64. The first kappa shape index (κ1) is 23.3. The normalized spacial score (nSPS) is 12.6. The zero-order valence-electron chi connectivity index (χ0n) is 18.8. The predicted molar refractivity (Wildman–Crippen MR) is 134 cm³/mol. The third kappa shape index (κ3) is 5.06. The number of fused-ring (bicyclic) bond motifs is 1. The van der Waals surface area contributed by atoms with E-state index >= 15 is 0 Å². The van der Waals surface area contributed by atoms with Crippen LogP contribution in [0.25, 0.3) is 0 Å². The molecule has 0 bridgehead atoms. The number of anilines is 5. The minimum atomic E-state index is -0.368. The van der Waals surface area contributed by atoms with Crippen LogP contribution in [0.1, 0.15) is 12.0 Å². The van der Waals surface area contributed by atoms with Gasteiger partial charge in [0, 0.05) is 36.5 Å². The zero-order valence-corrected chi connectivity index (χ0v) is 18.8. The summed E-state index contributed by atoms with van der Waals surface area (Å²) in [5.74, 6) is -0.000125.